The fraction of sp³-hybridized carbons (Fsp3) is 0.200. The summed E-state index contributed by atoms with van der Waals surface area (Å²) in [4.78, 5) is 0. The van der Waals surface area contributed by atoms with Crippen molar-refractivity contribution in [3.05, 3.63) is 119 Å². The number of rotatable bonds is 9. The standard InChI is InChI=1S/C30H30O4/c1-3-33-27-17-9-23(10-18-27)29(21-5-13-25(31)14-6-21)30(22-7-15-26(32)16-8-22)24-11-19-28(20-12-24)34-4-2/h5-20,29-32H,3-4H2,1-2H3. The lowest BCUT2D eigenvalue weighted by Gasteiger charge is -2.30. The van der Waals surface area contributed by atoms with E-state index < -0.39 is 0 Å². The Morgan fingerprint density at radius 1 is 0.471 bits per heavy atom. The van der Waals surface area contributed by atoms with Gasteiger partial charge in [0.05, 0.1) is 13.2 Å². The predicted molar refractivity (Wildman–Crippen MR) is 135 cm³/mol. The summed E-state index contributed by atoms with van der Waals surface area (Å²) in [6, 6.07) is 31.2. The first-order valence-corrected chi connectivity index (χ1v) is 11.6. The third-order valence-corrected chi connectivity index (χ3v) is 5.94. The second-order valence-electron chi connectivity index (χ2n) is 8.14. The van der Waals surface area contributed by atoms with Crippen molar-refractivity contribution in [2.45, 2.75) is 25.7 Å². The lowest BCUT2D eigenvalue weighted by molar-refractivity contribution is 0.340. The lowest BCUT2D eigenvalue weighted by atomic mass is 9.73. The maximum atomic E-state index is 9.93. The van der Waals surface area contributed by atoms with Crippen LogP contribution in [0.3, 0.4) is 0 Å². The van der Waals surface area contributed by atoms with Gasteiger partial charge < -0.3 is 19.7 Å². The van der Waals surface area contributed by atoms with Crippen LogP contribution in [0.5, 0.6) is 23.0 Å². The molecule has 4 rings (SSSR count). The molecule has 4 heteroatoms. The Kier molecular flexibility index (Phi) is 7.38. The molecule has 0 saturated carbocycles. The zero-order valence-electron chi connectivity index (χ0n) is 19.5. The number of phenolic OH excluding ortho intramolecular Hbond substituents is 2. The molecule has 0 spiro atoms. The summed E-state index contributed by atoms with van der Waals surface area (Å²) in [6.45, 7) is 5.17. The third-order valence-electron chi connectivity index (χ3n) is 5.94. The van der Waals surface area contributed by atoms with Crippen molar-refractivity contribution in [1.82, 2.24) is 0 Å². The molecule has 0 heterocycles. The van der Waals surface area contributed by atoms with Crippen LogP contribution in [-0.4, -0.2) is 23.4 Å². The van der Waals surface area contributed by atoms with Gasteiger partial charge in [-0.05, 0) is 84.6 Å². The minimum Gasteiger partial charge on any atom is -0.508 e. The van der Waals surface area contributed by atoms with Gasteiger partial charge in [-0.25, -0.2) is 0 Å². The molecule has 4 aromatic rings. The number of ether oxygens (including phenoxy) is 2. The first kappa shape index (κ1) is 23.2. The summed E-state index contributed by atoms with van der Waals surface area (Å²) in [5.74, 6) is 2.04. The van der Waals surface area contributed by atoms with E-state index in [1.54, 1.807) is 24.3 Å². The number of hydrogen-bond acceptors (Lipinski definition) is 4. The molecule has 34 heavy (non-hydrogen) atoms. The van der Waals surface area contributed by atoms with Crippen molar-refractivity contribution >= 4 is 0 Å². The van der Waals surface area contributed by atoms with Crippen molar-refractivity contribution in [2.24, 2.45) is 0 Å². The van der Waals surface area contributed by atoms with Gasteiger partial charge in [0.2, 0.25) is 0 Å². The fourth-order valence-electron chi connectivity index (χ4n) is 4.39. The Labute approximate surface area is 201 Å². The summed E-state index contributed by atoms with van der Waals surface area (Å²) >= 11 is 0. The van der Waals surface area contributed by atoms with Gasteiger partial charge in [0.1, 0.15) is 23.0 Å². The van der Waals surface area contributed by atoms with Crippen molar-refractivity contribution < 1.29 is 19.7 Å². The second kappa shape index (κ2) is 10.8. The van der Waals surface area contributed by atoms with Gasteiger partial charge in [-0.3, -0.25) is 0 Å². The lowest BCUT2D eigenvalue weighted by Crippen LogP contribution is -2.15. The van der Waals surface area contributed by atoms with Crippen LogP contribution in [0.25, 0.3) is 0 Å². The molecule has 4 nitrogen and oxygen atoms in total. The Balaban J connectivity index is 1.87. The van der Waals surface area contributed by atoms with E-state index in [1.165, 1.54) is 0 Å². The molecule has 0 aliphatic heterocycles. The van der Waals surface area contributed by atoms with E-state index in [2.05, 4.69) is 24.3 Å². The SMILES string of the molecule is CCOc1ccc(C(c2ccc(O)cc2)C(c2ccc(O)cc2)c2ccc(OCC)cc2)cc1. The van der Waals surface area contributed by atoms with Gasteiger partial charge in [0.15, 0.2) is 0 Å². The molecule has 174 valence electrons. The van der Waals surface area contributed by atoms with Gasteiger partial charge in [-0.2, -0.15) is 0 Å². The largest absolute Gasteiger partial charge is 0.508 e. The van der Waals surface area contributed by atoms with Gasteiger partial charge in [-0.1, -0.05) is 48.5 Å². The van der Waals surface area contributed by atoms with Crippen molar-refractivity contribution in [3.63, 3.8) is 0 Å². The molecule has 4 aromatic carbocycles. The predicted octanol–water partition coefficient (Wildman–Crippen LogP) is 6.86. The van der Waals surface area contributed by atoms with Crippen LogP contribution in [0.1, 0.15) is 47.9 Å². The maximum absolute atomic E-state index is 9.93. The van der Waals surface area contributed by atoms with Crippen LogP contribution in [0.4, 0.5) is 0 Å². The van der Waals surface area contributed by atoms with E-state index in [1.807, 2.05) is 62.4 Å². The highest BCUT2D eigenvalue weighted by Crippen LogP contribution is 2.44. The normalized spacial score (nSPS) is 12.6. The molecule has 0 aliphatic rings. The number of hydrogen-bond donors (Lipinski definition) is 2. The number of benzene rings is 4. The van der Waals surface area contributed by atoms with E-state index in [-0.39, 0.29) is 23.3 Å². The Bertz CT molecular complexity index is 1070. The highest BCUT2D eigenvalue weighted by molar-refractivity contribution is 5.48. The van der Waals surface area contributed by atoms with Crippen LogP contribution in [0, 0.1) is 0 Å². The number of phenols is 2. The molecule has 0 aliphatic carbocycles. The average Bonchev–Trinajstić information content (AvgIpc) is 2.86. The zero-order valence-corrected chi connectivity index (χ0v) is 19.5. The maximum Gasteiger partial charge on any atom is 0.119 e. The molecule has 2 atom stereocenters. The average molecular weight is 455 g/mol. The summed E-state index contributed by atoms with van der Waals surface area (Å²) in [7, 11) is 0. The van der Waals surface area contributed by atoms with E-state index in [9.17, 15) is 10.2 Å². The van der Waals surface area contributed by atoms with Crippen LogP contribution >= 0.6 is 0 Å². The molecule has 0 radical (unpaired) electrons. The van der Waals surface area contributed by atoms with Crippen molar-refractivity contribution in [3.8, 4) is 23.0 Å². The third kappa shape index (κ3) is 5.34. The van der Waals surface area contributed by atoms with Crippen LogP contribution in [-0.2, 0) is 0 Å². The molecular weight excluding hydrogens is 424 g/mol. The van der Waals surface area contributed by atoms with Crippen LogP contribution in [0.15, 0.2) is 97.1 Å². The van der Waals surface area contributed by atoms with Crippen LogP contribution in [0.2, 0.25) is 0 Å². The highest BCUT2D eigenvalue weighted by atomic mass is 16.5. The molecule has 0 aromatic heterocycles. The summed E-state index contributed by atoms with van der Waals surface area (Å²) in [6.07, 6.45) is 0. The van der Waals surface area contributed by atoms with E-state index >= 15 is 0 Å². The van der Waals surface area contributed by atoms with E-state index in [0.717, 1.165) is 33.8 Å². The minimum atomic E-state index is -0.0428. The highest BCUT2D eigenvalue weighted by Gasteiger charge is 2.28. The summed E-state index contributed by atoms with van der Waals surface area (Å²) < 4.78 is 11.3. The van der Waals surface area contributed by atoms with Gasteiger partial charge >= 0.3 is 0 Å². The molecular formula is C30H30O4. The smallest absolute Gasteiger partial charge is 0.119 e. The van der Waals surface area contributed by atoms with Crippen molar-refractivity contribution in [2.75, 3.05) is 13.2 Å². The molecule has 0 saturated heterocycles. The fourth-order valence-corrected chi connectivity index (χ4v) is 4.39. The first-order valence-electron chi connectivity index (χ1n) is 11.6. The Hall–Kier alpha value is -3.92. The zero-order chi connectivity index (χ0) is 23.9. The quantitative estimate of drug-likeness (QED) is 0.290. The monoisotopic (exact) mass is 454 g/mol. The molecule has 2 N–H and O–H groups in total. The van der Waals surface area contributed by atoms with Gasteiger partial charge in [-0.15, -0.1) is 0 Å². The van der Waals surface area contributed by atoms with Gasteiger partial charge in [0.25, 0.3) is 0 Å². The molecule has 0 amide bonds. The molecule has 0 fully saturated rings. The van der Waals surface area contributed by atoms with E-state index in [4.69, 9.17) is 9.47 Å². The second-order valence-corrected chi connectivity index (χ2v) is 8.14. The van der Waals surface area contributed by atoms with E-state index in [0.29, 0.717) is 13.2 Å². The Morgan fingerprint density at radius 3 is 1.00 bits per heavy atom. The molecule has 2 unspecified atom stereocenters. The first-order chi connectivity index (χ1) is 16.6. The van der Waals surface area contributed by atoms with Crippen molar-refractivity contribution in [1.29, 1.82) is 0 Å². The van der Waals surface area contributed by atoms with Gasteiger partial charge in [0, 0.05) is 11.8 Å². The number of aromatic hydroxyl groups is 2. The summed E-state index contributed by atoms with van der Waals surface area (Å²) in [5, 5.41) is 19.9. The summed E-state index contributed by atoms with van der Waals surface area (Å²) in [5.41, 5.74) is 4.41. The molecule has 0 bridgehead atoms. The Morgan fingerprint density at radius 2 is 0.735 bits per heavy atom. The topological polar surface area (TPSA) is 58.9 Å². The van der Waals surface area contributed by atoms with Crippen LogP contribution < -0.4 is 9.47 Å². The minimum absolute atomic E-state index is 0.0428.